The molecule has 0 aliphatic rings. The molecule has 0 aromatic heterocycles. The summed E-state index contributed by atoms with van der Waals surface area (Å²) in [5.74, 6) is 0.705. The van der Waals surface area contributed by atoms with Crippen LogP contribution in [-0.2, 0) is 17.9 Å². The molecule has 4 rings (SSSR count). The molecule has 0 fully saturated rings. The van der Waals surface area contributed by atoms with Gasteiger partial charge in [0.1, 0.15) is 11.5 Å². The lowest BCUT2D eigenvalue weighted by Crippen LogP contribution is -2.13. The molecule has 192 valence electrons. The first kappa shape index (κ1) is 30.1. The summed E-state index contributed by atoms with van der Waals surface area (Å²) in [4.78, 5) is 15.3. The third-order valence-electron chi connectivity index (χ3n) is 5.32. The number of halogens is 3. The third kappa shape index (κ3) is 7.92. The molecule has 4 aromatic carbocycles. The number of rotatable bonds is 5. The largest absolute Gasteiger partial charge is 0.508 e. The zero-order chi connectivity index (χ0) is 25.7. The van der Waals surface area contributed by atoms with Crippen molar-refractivity contribution in [2.45, 2.75) is 20.0 Å². The number of phenols is 1. The Balaban J connectivity index is 0.000000250. The van der Waals surface area contributed by atoms with Crippen LogP contribution in [0.3, 0.4) is 0 Å². The number of esters is 1. The molecule has 8 heteroatoms. The first-order chi connectivity index (χ1) is 16.5. The predicted octanol–water partition coefficient (Wildman–Crippen LogP) is 7.38. The molecule has 4 aromatic rings. The molecule has 0 aliphatic carbocycles. The molecule has 0 aliphatic heterocycles. The summed E-state index contributed by atoms with van der Waals surface area (Å²) < 4.78 is 7.40. The Bertz CT molecular complexity index is 1360. The van der Waals surface area contributed by atoms with Gasteiger partial charge in [0.15, 0.2) is 0 Å². The van der Waals surface area contributed by atoms with E-state index < -0.39 is 0 Å². The average Bonchev–Trinajstić information content (AvgIpc) is 2.77. The molecular formula is C28H31Br2ClN2O3. The number of carbonyl (C=O) groups excluding carboxylic acids is 1. The van der Waals surface area contributed by atoms with E-state index in [0.717, 1.165) is 54.7 Å². The number of fused-ring (bicyclic) bond motifs is 2. The van der Waals surface area contributed by atoms with Crippen molar-refractivity contribution in [1.82, 2.24) is 9.80 Å². The minimum Gasteiger partial charge on any atom is -0.508 e. The lowest BCUT2D eigenvalue weighted by Gasteiger charge is -2.16. The normalized spacial score (nSPS) is 10.8. The Hall–Kier alpha value is -2.16. The molecule has 0 saturated carbocycles. The van der Waals surface area contributed by atoms with Crippen molar-refractivity contribution < 1.29 is 14.6 Å². The Morgan fingerprint density at radius 1 is 0.778 bits per heavy atom. The summed E-state index contributed by atoms with van der Waals surface area (Å²) in [7, 11) is 7.98. The van der Waals surface area contributed by atoms with Crippen molar-refractivity contribution >= 4 is 71.8 Å². The molecule has 0 atom stereocenters. The SMILES string of the molecule is CC(=O)Oc1ccc2cc(Br)ccc2c1CN(C)C.CN(C)Cc1c(O)ccc2cc(Br)ccc12.Cl. The quantitative estimate of drug-likeness (QED) is 0.183. The van der Waals surface area contributed by atoms with E-state index in [2.05, 4.69) is 53.8 Å². The Morgan fingerprint density at radius 3 is 1.75 bits per heavy atom. The van der Waals surface area contributed by atoms with Crippen molar-refractivity contribution in [3.63, 3.8) is 0 Å². The van der Waals surface area contributed by atoms with Crippen LogP contribution in [0.15, 0.2) is 69.6 Å². The van der Waals surface area contributed by atoms with Gasteiger partial charge in [-0.15, -0.1) is 12.4 Å². The number of hydrogen-bond donors (Lipinski definition) is 1. The first-order valence-electron chi connectivity index (χ1n) is 11.1. The number of phenolic OH excluding ortho intramolecular Hbond substituents is 1. The zero-order valence-electron chi connectivity index (χ0n) is 21.0. The summed E-state index contributed by atoms with van der Waals surface area (Å²) in [5.41, 5.74) is 2.01. The van der Waals surface area contributed by atoms with Crippen molar-refractivity contribution in [3.05, 3.63) is 80.7 Å². The molecule has 0 bridgehead atoms. The van der Waals surface area contributed by atoms with E-state index in [0.29, 0.717) is 11.5 Å². The summed E-state index contributed by atoms with van der Waals surface area (Å²) in [6, 6.07) is 19.7. The zero-order valence-corrected chi connectivity index (χ0v) is 25.0. The van der Waals surface area contributed by atoms with Gasteiger partial charge in [0.05, 0.1) is 0 Å². The minimum absolute atomic E-state index is 0. The van der Waals surface area contributed by atoms with Gasteiger partial charge in [0.25, 0.3) is 0 Å². The average molecular weight is 639 g/mol. The van der Waals surface area contributed by atoms with Gasteiger partial charge in [-0.2, -0.15) is 0 Å². The molecule has 0 spiro atoms. The van der Waals surface area contributed by atoms with Crippen molar-refractivity contribution in [2.75, 3.05) is 28.2 Å². The summed E-state index contributed by atoms with van der Waals surface area (Å²) in [6.45, 7) is 2.89. The fourth-order valence-corrected chi connectivity index (χ4v) is 4.67. The van der Waals surface area contributed by atoms with Crippen LogP contribution in [0.25, 0.3) is 21.5 Å². The van der Waals surface area contributed by atoms with Gasteiger partial charge in [-0.1, -0.05) is 56.1 Å². The lowest BCUT2D eigenvalue weighted by atomic mass is 10.0. The number of nitrogens with zero attached hydrogens (tertiary/aromatic N) is 2. The molecule has 0 amide bonds. The summed E-state index contributed by atoms with van der Waals surface area (Å²) in [5, 5.41) is 14.4. The number of hydrogen-bond acceptors (Lipinski definition) is 5. The lowest BCUT2D eigenvalue weighted by molar-refractivity contribution is -0.131. The molecule has 1 N–H and O–H groups in total. The van der Waals surface area contributed by atoms with E-state index in [1.165, 1.54) is 6.92 Å². The highest BCUT2D eigenvalue weighted by Gasteiger charge is 2.12. The second-order valence-electron chi connectivity index (χ2n) is 8.91. The maximum Gasteiger partial charge on any atom is 0.308 e. The van der Waals surface area contributed by atoms with E-state index in [4.69, 9.17) is 4.74 Å². The van der Waals surface area contributed by atoms with Gasteiger partial charge >= 0.3 is 5.97 Å². The van der Waals surface area contributed by atoms with Crippen LogP contribution in [0.4, 0.5) is 0 Å². The van der Waals surface area contributed by atoms with E-state index in [1.807, 2.05) is 70.7 Å². The predicted molar refractivity (Wildman–Crippen MR) is 158 cm³/mol. The van der Waals surface area contributed by atoms with E-state index >= 15 is 0 Å². The van der Waals surface area contributed by atoms with Crippen LogP contribution in [0.5, 0.6) is 11.5 Å². The van der Waals surface area contributed by atoms with Gasteiger partial charge in [-0.05, 0) is 86.1 Å². The molecule has 36 heavy (non-hydrogen) atoms. The fourth-order valence-electron chi connectivity index (χ4n) is 3.91. The van der Waals surface area contributed by atoms with Gasteiger partial charge in [-0.3, -0.25) is 4.79 Å². The molecule has 0 radical (unpaired) electrons. The van der Waals surface area contributed by atoms with Gasteiger partial charge in [-0.25, -0.2) is 0 Å². The molecule has 5 nitrogen and oxygen atoms in total. The van der Waals surface area contributed by atoms with Crippen molar-refractivity contribution in [2.24, 2.45) is 0 Å². The van der Waals surface area contributed by atoms with Crippen LogP contribution >= 0.6 is 44.3 Å². The Labute approximate surface area is 235 Å². The van der Waals surface area contributed by atoms with Crippen LogP contribution in [0.2, 0.25) is 0 Å². The second-order valence-corrected chi connectivity index (χ2v) is 10.7. The molecule has 0 unspecified atom stereocenters. The maximum atomic E-state index is 11.2. The Kier molecular flexibility index (Phi) is 11.2. The highest BCUT2D eigenvalue weighted by atomic mass is 79.9. The summed E-state index contributed by atoms with van der Waals surface area (Å²) in [6.07, 6.45) is 0. The smallest absolute Gasteiger partial charge is 0.308 e. The number of benzene rings is 4. The van der Waals surface area contributed by atoms with E-state index in [-0.39, 0.29) is 18.4 Å². The number of ether oxygens (including phenoxy) is 1. The van der Waals surface area contributed by atoms with Gasteiger partial charge in [0, 0.05) is 40.1 Å². The maximum absolute atomic E-state index is 11.2. The third-order valence-corrected chi connectivity index (χ3v) is 6.31. The number of carbonyl (C=O) groups is 1. The van der Waals surface area contributed by atoms with Crippen LogP contribution in [0, 0.1) is 0 Å². The highest BCUT2D eigenvalue weighted by Crippen LogP contribution is 2.31. The first-order valence-corrected chi connectivity index (χ1v) is 12.7. The topological polar surface area (TPSA) is 53.0 Å². The Morgan fingerprint density at radius 2 is 1.25 bits per heavy atom. The van der Waals surface area contributed by atoms with E-state index in [1.54, 1.807) is 6.07 Å². The van der Waals surface area contributed by atoms with Crippen LogP contribution in [0.1, 0.15) is 18.1 Å². The monoisotopic (exact) mass is 636 g/mol. The van der Waals surface area contributed by atoms with Crippen LogP contribution < -0.4 is 4.74 Å². The second kappa shape index (κ2) is 13.4. The highest BCUT2D eigenvalue weighted by molar-refractivity contribution is 9.10. The molecular weight excluding hydrogens is 608 g/mol. The van der Waals surface area contributed by atoms with E-state index in [9.17, 15) is 9.90 Å². The summed E-state index contributed by atoms with van der Waals surface area (Å²) >= 11 is 6.92. The fraction of sp³-hybridized carbons (Fsp3) is 0.250. The van der Waals surface area contributed by atoms with Gasteiger partial charge < -0.3 is 19.6 Å². The number of aromatic hydroxyl groups is 1. The van der Waals surface area contributed by atoms with Crippen LogP contribution in [-0.4, -0.2) is 49.1 Å². The standard InChI is InChI=1S/C15H16BrNO2.C13H14BrNO.ClH/c1-10(18)19-15-7-4-11-8-12(16)5-6-13(11)14(15)9-17(2)3;1-15(2)8-12-11-5-4-10(14)7-9(11)3-6-13(12)16;/h4-8H,9H2,1-3H3;3-7,16H,8H2,1-2H3;1H. The van der Waals surface area contributed by atoms with Crippen molar-refractivity contribution in [1.29, 1.82) is 0 Å². The molecule has 0 heterocycles. The minimum atomic E-state index is -0.295. The molecule has 0 saturated heterocycles. The van der Waals surface area contributed by atoms with Crippen molar-refractivity contribution in [3.8, 4) is 11.5 Å². The van der Waals surface area contributed by atoms with Gasteiger partial charge in [0.2, 0.25) is 0 Å².